The van der Waals surface area contributed by atoms with Gasteiger partial charge in [0.2, 0.25) is 0 Å². The second-order valence-corrected chi connectivity index (χ2v) is 9.05. The minimum atomic E-state index is -4.52. The van der Waals surface area contributed by atoms with Gasteiger partial charge in [0.1, 0.15) is 11.8 Å². The van der Waals surface area contributed by atoms with E-state index in [-0.39, 0.29) is 32.1 Å². The van der Waals surface area contributed by atoms with E-state index in [0.29, 0.717) is 56.1 Å². The Morgan fingerprint density at radius 2 is 1.74 bits per heavy atom. The van der Waals surface area contributed by atoms with E-state index in [1.807, 2.05) is 21.9 Å². The maximum absolute atomic E-state index is 13.7. The van der Waals surface area contributed by atoms with Gasteiger partial charge in [-0.05, 0) is 48.7 Å². The first-order chi connectivity index (χ1) is 18.1. The van der Waals surface area contributed by atoms with Crippen LogP contribution in [0.2, 0.25) is 0 Å². The van der Waals surface area contributed by atoms with Crippen LogP contribution in [-0.2, 0) is 28.8 Å². The number of ether oxygens (including phenoxy) is 2. The fourth-order valence-corrected chi connectivity index (χ4v) is 4.38. The third kappa shape index (κ3) is 8.27. The molecular formula is C27H33F3N3O5-. The van der Waals surface area contributed by atoms with Crippen molar-refractivity contribution in [2.45, 2.75) is 39.0 Å². The Morgan fingerprint density at radius 1 is 1.05 bits per heavy atom. The summed E-state index contributed by atoms with van der Waals surface area (Å²) in [6.45, 7) is 4.40. The van der Waals surface area contributed by atoms with Crippen LogP contribution < -0.4 is 14.7 Å². The highest BCUT2D eigenvalue weighted by Gasteiger charge is 2.32. The van der Waals surface area contributed by atoms with E-state index >= 15 is 0 Å². The number of rotatable bonds is 11. The number of benzene rings is 2. The minimum absolute atomic E-state index is 0.145. The van der Waals surface area contributed by atoms with E-state index in [0.717, 1.165) is 17.7 Å². The Morgan fingerprint density at radius 3 is 2.32 bits per heavy atom. The molecule has 0 N–H and O–H groups in total. The van der Waals surface area contributed by atoms with E-state index in [1.54, 1.807) is 26.2 Å². The Bertz CT molecular complexity index is 1070. The molecule has 0 bridgehead atoms. The molecule has 11 heteroatoms. The summed E-state index contributed by atoms with van der Waals surface area (Å²) in [6, 6.07) is 11.0. The van der Waals surface area contributed by atoms with E-state index in [9.17, 15) is 27.9 Å². The van der Waals surface area contributed by atoms with Gasteiger partial charge in [-0.15, -0.1) is 0 Å². The summed E-state index contributed by atoms with van der Waals surface area (Å²) in [5, 5.41) is 11.1. The average molecular weight is 537 g/mol. The van der Waals surface area contributed by atoms with Crippen molar-refractivity contribution in [3.63, 3.8) is 0 Å². The minimum Gasteiger partial charge on any atom is -0.530 e. The first kappa shape index (κ1) is 29.1. The van der Waals surface area contributed by atoms with Gasteiger partial charge >= 0.3 is 12.1 Å². The van der Waals surface area contributed by atoms with Crippen molar-refractivity contribution in [2.75, 3.05) is 51.3 Å². The van der Waals surface area contributed by atoms with Gasteiger partial charge in [0.25, 0.3) is 0 Å². The SMILES string of the molecule is CCOC(=O)CCCN(Cc1ccc(OC)cc1)c1cc(C(F)(F)F)ccc1CN1CCN(C(=O)[O-])CC1. The number of piperazine rings is 1. The molecule has 2 aromatic carbocycles. The Kier molecular flexibility index (Phi) is 10.2. The molecule has 1 fully saturated rings. The van der Waals surface area contributed by atoms with Gasteiger partial charge in [-0.2, -0.15) is 13.2 Å². The van der Waals surface area contributed by atoms with Gasteiger partial charge in [0, 0.05) is 57.9 Å². The molecule has 0 saturated carbocycles. The van der Waals surface area contributed by atoms with Crippen LogP contribution in [0.15, 0.2) is 42.5 Å². The van der Waals surface area contributed by atoms with E-state index in [4.69, 9.17) is 9.47 Å². The van der Waals surface area contributed by atoms with Gasteiger partial charge < -0.3 is 29.2 Å². The van der Waals surface area contributed by atoms with E-state index in [1.165, 1.54) is 11.0 Å². The summed E-state index contributed by atoms with van der Waals surface area (Å²) in [7, 11) is 1.55. The van der Waals surface area contributed by atoms with Gasteiger partial charge in [-0.3, -0.25) is 9.69 Å². The lowest BCUT2D eigenvalue weighted by Gasteiger charge is -2.37. The monoisotopic (exact) mass is 536 g/mol. The lowest BCUT2D eigenvalue weighted by molar-refractivity contribution is -0.266. The summed E-state index contributed by atoms with van der Waals surface area (Å²) < 4.78 is 51.4. The van der Waals surface area contributed by atoms with Crippen molar-refractivity contribution in [1.29, 1.82) is 0 Å². The number of anilines is 1. The molecule has 1 aliphatic heterocycles. The number of carbonyl (C=O) groups is 2. The molecule has 0 aromatic heterocycles. The first-order valence-corrected chi connectivity index (χ1v) is 12.5. The van der Waals surface area contributed by atoms with E-state index < -0.39 is 17.8 Å². The number of hydrogen-bond acceptors (Lipinski definition) is 7. The highest BCUT2D eigenvalue weighted by Crippen LogP contribution is 2.35. The van der Waals surface area contributed by atoms with Gasteiger partial charge in [-0.25, -0.2) is 0 Å². The number of alkyl halides is 3. The smallest absolute Gasteiger partial charge is 0.416 e. The van der Waals surface area contributed by atoms with Crippen LogP contribution in [0.1, 0.15) is 36.5 Å². The molecule has 0 atom stereocenters. The number of halogens is 3. The zero-order valence-corrected chi connectivity index (χ0v) is 21.6. The first-order valence-electron chi connectivity index (χ1n) is 12.5. The Balaban J connectivity index is 1.90. The van der Waals surface area contributed by atoms with Gasteiger partial charge in [0.05, 0.1) is 19.3 Å². The molecule has 0 unspecified atom stereocenters. The molecule has 38 heavy (non-hydrogen) atoms. The van der Waals surface area contributed by atoms with Crippen LogP contribution in [0, 0.1) is 0 Å². The zero-order valence-electron chi connectivity index (χ0n) is 21.6. The normalized spacial score (nSPS) is 14.3. The summed E-state index contributed by atoms with van der Waals surface area (Å²) in [4.78, 5) is 28.1. The maximum Gasteiger partial charge on any atom is 0.416 e. The second kappa shape index (κ2) is 13.4. The number of amides is 1. The van der Waals surface area contributed by atoms with Crippen LogP contribution in [0.3, 0.4) is 0 Å². The fraction of sp³-hybridized carbons (Fsp3) is 0.481. The van der Waals surface area contributed by atoms with Crippen LogP contribution in [0.25, 0.3) is 0 Å². The van der Waals surface area contributed by atoms with Crippen molar-refractivity contribution < 1.29 is 37.3 Å². The molecule has 2 aromatic rings. The van der Waals surface area contributed by atoms with Crippen molar-refractivity contribution >= 4 is 17.7 Å². The summed E-state index contributed by atoms with van der Waals surface area (Å²) in [6.07, 6.45) is -5.21. The molecule has 208 valence electrons. The van der Waals surface area contributed by atoms with Crippen LogP contribution in [0.5, 0.6) is 5.75 Å². The van der Waals surface area contributed by atoms with Crippen LogP contribution in [-0.4, -0.2) is 68.3 Å². The number of carboxylic acid groups (broad SMARTS) is 1. The molecule has 1 heterocycles. The standard InChI is InChI=1S/C27H34F3N3O5/c1-3-38-25(34)5-4-12-33(18-20-6-10-23(37-2)11-7-20)24-17-22(27(28,29)30)9-8-21(24)19-31-13-15-32(16-14-31)26(35)36/h6-11,17H,3-5,12-16,18-19H2,1-2H3,(H,35,36)/p-1. The highest BCUT2D eigenvalue weighted by atomic mass is 19.4. The third-order valence-corrected chi connectivity index (χ3v) is 6.42. The third-order valence-electron chi connectivity index (χ3n) is 6.42. The molecule has 0 spiro atoms. The summed E-state index contributed by atoms with van der Waals surface area (Å²) in [5.74, 6) is 0.310. The predicted molar refractivity (Wildman–Crippen MR) is 134 cm³/mol. The number of nitrogens with zero attached hydrogens (tertiary/aromatic N) is 3. The van der Waals surface area contributed by atoms with Crippen molar-refractivity contribution in [1.82, 2.24) is 9.80 Å². The largest absolute Gasteiger partial charge is 0.530 e. The van der Waals surface area contributed by atoms with Crippen LogP contribution >= 0.6 is 0 Å². The molecule has 0 aliphatic carbocycles. The second-order valence-electron chi connectivity index (χ2n) is 9.05. The number of methoxy groups -OCH3 is 1. The number of hydrogen-bond donors (Lipinski definition) is 0. The van der Waals surface area contributed by atoms with Crippen molar-refractivity contribution in [2.24, 2.45) is 0 Å². The highest BCUT2D eigenvalue weighted by molar-refractivity contribution is 5.69. The molecule has 1 amide bonds. The molecule has 1 aliphatic rings. The number of esters is 1. The zero-order chi connectivity index (χ0) is 27.7. The summed E-state index contributed by atoms with van der Waals surface area (Å²) >= 11 is 0. The molecule has 8 nitrogen and oxygen atoms in total. The van der Waals surface area contributed by atoms with Gasteiger partial charge in [0.15, 0.2) is 0 Å². The quantitative estimate of drug-likeness (QED) is 0.406. The van der Waals surface area contributed by atoms with Crippen molar-refractivity contribution in [3.05, 3.63) is 59.2 Å². The maximum atomic E-state index is 13.7. The summed E-state index contributed by atoms with van der Waals surface area (Å²) in [5.41, 5.74) is 1.21. The molecule has 3 rings (SSSR count). The van der Waals surface area contributed by atoms with Crippen LogP contribution in [0.4, 0.5) is 23.7 Å². The average Bonchev–Trinajstić information content (AvgIpc) is 2.88. The molecule has 0 radical (unpaired) electrons. The van der Waals surface area contributed by atoms with E-state index in [2.05, 4.69) is 0 Å². The predicted octanol–water partition coefficient (Wildman–Crippen LogP) is 3.52. The molecule has 1 saturated heterocycles. The topological polar surface area (TPSA) is 85.4 Å². The van der Waals surface area contributed by atoms with Gasteiger partial charge in [-0.1, -0.05) is 18.2 Å². The molecular weight excluding hydrogens is 503 g/mol. The Labute approximate surface area is 220 Å². The fourth-order valence-electron chi connectivity index (χ4n) is 4.38. The lowest BCUT2D eigenvalue weighted by Crippen LogP contribution is -2.52. The van der Waals surface area contributed by atoms with Crippen molar-refractivity contribution in [3.8, 4) is 5.75 Å². The number of carbonyl (C=O) groups excluding carboxylic acids is 2. The lowest BCUT2D eigenvalue weighted by atomic mass is 10.0. The Hall–Kier alpha value is -3.47.